The van der Waals surface area contributed by atoms with Crippen molar-refractivity contribution in [2.45, 2.75) is 0 Å². The molecule has 0 saturated heterocycles. The molecule has 0 saturated carbocycles. The summed E-state index contributed by atoms with van der Waals surface area (Å²) in [6.45, 7) is 0. The van der Waals surface area contributed by atoms with Crippen LogP contribution in [0.2, 0.25) is 0 Å². The molecule has 0 aliphatic heterocycles. The summed E-state index contributed by atoms with van der Waals surface area (Å²) >= 11 is 4.78. The van der Waals surface area contributed by atoms with E-state index in [1.54, 1.807) is 12.3 Å². The first-order valence-electron chi connectivity index (χ1n) is 8.35. The minimum atomic E-state index is -0.480. The highest BCUT2D eigenvalue weighted by Gasteiger charge is 2.21. The highest BCUT2D eigenvalue weighted by molar-refractivity contribution is 9.10. The number of anilines is 1. The van der Waals surface area contributed by atoms with E-state index in [1.165, 1.54) is 34.5 Å². The number of thiazole rings is 1. The van der Waals surface area contributed by atoms with Crippen LogP contribution in [-0.4, -0.2) is 17.1 Å². The molecule has 0 radical (unpaired) electrons. The van der Waals surface area contributed by atoms with Gasteiger partial charge < -0.3 is 0 Å². The van der Waals surface area contributed by atoms with Crippen LogP contribution in [0.1, 0.15) is 15.9 Å². The summed E-state index contributed by atoms with van der Waals surface area (Å²) in [4.78, 5) is 17.6. The second-order valence-electron chi connectivity index (χ2n) is 5.89. The summed E-state index contributed by atoms with van der Waals surface area (Å²) in [5.41, 5.74) is 1.80. The second kappa shape index (κ2) is 8.00. The maximum atomic E-state index is 13.6. The van der Waals surface area contributed by atoms with Crippen molar-refractivity contribution in [1.29, 1.82) is 0 Å². The molecule has 0 spiro atoms. The van der Waals surface area contributed by atoms with Crippen molar-refractivity contribution in [3.05, 3.63) is 94.2 Å². The van der Waals surface area contributed by atoms with Crippen LogP contribution in [0, 0.1) is 5.82 Å². The fraction of sp³-hybridized carbons (Fsp3) is 0. The monoisotopic (exact) mass is 453 g/mol. The van der Waals surface area contributed by atoms with Gasteiger partial charge in [0.2, 0.25) is 5.13 Å². The number of carbonyl (C=O) groups is 1. The first-order valence-corrected chi connectivity index (χ1v) is 9.96. The standard InChI is InChI=1S/C21H13BrFN3OS/c22-16-9-10-18-19(12-16)28-21(25-18)26(24-13-14-5-2-1-3-6-14)20(27)15-7-4-8-17(23)11-15/h1-13H/b24-13+. The molecule has 138 valence electrons. The molecule has 4 aromatic rings. The number of carbonyl (C=O) groups excluding carboxylic acids is 1. The number of aromatic nitrogens is 1. The Morgan fingerprint density at radius 3 is 2.68 bits per heavy atom. The number of halogens is 2. The Labute approximate surface area is 173 Å². The van der Waals surface area contributed by atoms with Gasteiger partial charge in [-0.1, -0.05) is 63.7 Å². The van der Waals surface area contributed by atoms with Crippen molar-refractivity contribution >= 4 is 54.7 Å². The lowest BCUT2D eigenvalue weighted by molar-refractivity contribution is 0.0987. The highest BCUT2D eigenvalue weighted by Crippen LogP contribution is 2.32. The number of rotatable bonds is 4. The average Bonchev–Trinajstić information content (AvgIpc) is 3.11. The van der Waals surface area contributed by atoms with Crippen molar-refractivity contribution in [2.75, 3.05) is 5.01 Å². The Balaban J connectivity index is 1.77. The Hall–Kier alpha value is -2.90. The van der Waals surface area contributed by atoms with Gasteiger partial charge in [0.15, 0.2) is 0 Å². The molecular formula is C21H13BrFN3OS. The fourth-order valence-corrected chi connectivity index (χ4v) is 4.05. The topological polar surface area (TPSA) is 45.6 Å². The first-order chi connectivity index (χ1) is 13.6. The SMILES string of the molecule is O=C(c1cccc(F)c1)N(/N=C/c1ccccc1)c1nc2ccc(Br)cc2s1. The third kappa shape index (κ3) is 4.00. The summed E-state index contributed by atoms with van der Waals surface area (Å²) < 4.78 is 15.5. The highest BCUT2D eigenvalue weighted by atomic mass is 79.9. The van der Waals surface area contributed by atoms with Gasteiger partial charge in [-0.15, -0.1) is 0 Å². The lowest BCUT2D eigenvalue weighted by atomic mass is 10.2. The third-order valence-corrected chi connectivity index (χ3v) is 5.39. The number of fused-ring (bicyclic) bond motifs is 1. The molecule has 4 nitrogen and oxygen atoms in total. The van der Waals surface area contributed by atoms with Gasteiger partial charge in [0.05, 0.1) is 16.4 Å². The van der Waals surface area contributed by atoms with Gasteiger partial charge in [-0.25, -0.2) is 9.37 Å². The van der Waals surface area contributed by atoms with Gasteiger partial charge in [0.25, 0.3) is 5.91 Å². The van der Waals surface area contributed by atoms with E-state index in [0.717, 1.165) is 20.3 Å². The van der Waals surface area contributed by atoms with Crippen LogP contribution in [0.25, 0.3) is 10.2 Å². The molecule has 28 heavy (non-hydrogen) atoms. The van der Waals surface area contributed by atoms with Crippen LogP contribution in [0.5, 0.6) is 0 Å². The van der Waals surface area contributed by atoms with E-state index in [1.807, 2.05) is 48.5 Å². The Kier molecular flexibility index (Phi) is 5.27. The van der Waals surface area contributed by atoms with E-state index in [-0.39, 0.29) is 5.56 Å². The predicted octanol–water partition coefficient (Wildman–Crippen LogP) is 5.88. The van der Waals surface area contributed by atoms with E-state index in [2.05, 4.69) is 26.0 Å². The van der Waals surface area contributed by atoms with Crippen LogP contribution < -0.4 is 5.01 Å². The lowest BCUT2D eigenvalue weighted by Crippen LogP contribution is -2.25. The van der Waals surface area contributed by atoms with Crippen LogP contribution >= 0.6 is 27.3 Å². The molecule has 0 aliphatic rings. The van der Waals surface area contributed by atoms with Gasteiger partial charge in [0, 0.05) is 10.0 Å². The molecule has 4 rings (SSSR count). The maximum absolute atomic E-state index is 13.6. The Morgan fingerprint density at radius 2 is 1.89 bits per heavy atom. The summed E-state index contributed by atoms with van der Waals surface area (Å²) in [6.07, 6.45) is 1.58. The fourth-order valence-electron chi connectivity index (χ4n) is 2.57. The Bertz CT molecular complexity index is 1180. The minimum absolute atomic E-state index is 0.200. The van der Waals surface area contributed by atoms with Gasteiger partial charge in [-0.3, -0.25) is 4.79 Å². The third-order valence-electron chi connectivity index (χ3n) is 3.91. The molecule has 1 heterocycles. The van der Waals surface area contributed by atoms with Crippen molar-refractivity contribution < 1.29 is 9.18 Å². The molecular weight excluding hydrogens is 441 g/mol. The molecule has 1 aromatic heterocycles. The molecule has 7 heteroatoms. The van der Waals surface area contributed by atoms with E-state index in [4.69, 9.17) is 0 Å². The van der Waals surface area contributed by atoms with Crippen LogP contribution in [-0.2, 0) is 0 Å². The Morgan fingerprint density at radius 1 is 1.07 bits per heavy atom. The zero-order chi connectivity index (χ0) is 19.5. The molecule has 0 N–H and O–H groups in total. The summed E-state index contributed by atoms with van der Waals surface area (Å²) in [6, 6.07) is 20.7. The number of hydrogen-bond acceptors (Lipinski definition) is 4. The minimum Gasteiger partial charge on any atom is -0.267 e. The lowest BCUT2D eigenvalue weighted by Gasteiger charge is -2.13. The van der Waals surface area contributed by atoms with Crippen LogP contribution in [0.15, 0.2) is 82.4 Å². The predicted molar refractivity (Wildman–Crippen MR) is 115 cm³/mol. The van der Waals surface area contributed by atoms with E-state index in [9.17, 15) is 9.18 Å². The summed E-state index contributed by atoms with van der Waals surface area (Å²) in [5.74, 6) is -0.934. The molecule has 0 atom stereocenters. The number of hydrazone groups is 1. The van der Waals surface area contributed by atoms with Gasteiger partial charge >= 0.3 is 0 Å². The normalized spacial score (nSPS) is 11.2. The molecule has 0 fully saturated rings. The molecule has 0 aliphatic carbocycles. The van der Waals surface area contributed by atoms with Crippen molar-refractivity contribution in [1.82, 2.24) is 4.98 Å². The molecule has 3 aromatic carbocycles. The second-order valence-corrected chi connectivity index (χ2v) is 7.82. The molecule has 1 amide bonds. The van der Waals surface area contributed by atoms with E-state index < -0.39 is 11.7 Å². The molecule has 0 bridgehead atoms. The van der Waals surface area contributed by atoms with E-state index >= 15 is 0 Å². The van der Waals surface area contributed by atoms with Crippen LogP contribution in [0.4, 0.5) is 9.52 Å². The van der Waals surface area contributed by atoms with Gasteiger partial charge in [-0.2, -0.15) is 10.1 Å². The van der Waals surface area contributed by atoms with E-state index in [0.29, 0.717) is 5.13 Å². The molecule has 0 unspecified atom stereocenters. The number of hydrogen-bond donors (Lipinski definition) is 0. The zero-order valence-electron chi connectivity index (χ0n) is 14.4. The number of nitrogens with zero attached hydrogens (tertiary/aromatic N) is 3. The number of amides is 1. The summed E-state index contributed by atoms with van der Waals surface area (Å²) in [5, 5.41) is 5.98. The largest absolute Gasteiger partial charge is 0.280 e. The van der Waals surface area contributed by atoms with Crippen molar-refractivity contribution in [3.8, 4) is 0 Å². The average molecular weight is 454 g/mol. The van der Waals surface area contributed by atoms with Crippen LogP contribution in [0.3, 0.4) is 0 Å². The smallest absolute Gasteiger partial charge is 0.267 e. The van der Waals surface area contributed by atoms with Crippen molar-refractivity contribution in [2.24, 2.45) is 5.10 Å². The van der Waals surface area contributed by atoms with Gasteiger partial charge in [0.1, 0.15) is 5.82 Å². The zero-order valence-corrected chi connectivity index (χ0v) is 16.8. The van der Waals surface area contributed by atoms with Crippen molar-refractivity contribution in [3.63, 3.8) is 0 Å². The first kappa shape index (κ1) is 18.5. The summed E-state index contributed by atoms with van der Waals surface area (Å²) in [7, 11) is 0. The maximum Gasteiger partial charge on any atom is 0.280 e. The van der Waals surface area contributed by atoms with Gasteiger partial charge in [-0.05, 0) is 42.0 Å². The number of benzene rings is 3. The quantitative estimate of drug-likeness (QED) is 0.286.